The molecule has 5 nitrogen and oxygen atoms in total. The molecule has 0 saturated carbocycles. The number of nitrogens with zero attached hydrogens (tertiary/aromatic N) is 3. The molecule has 1 aromatic heterocycles. The Balaban J connectivity index is 2.09. The fraction of sp³-hybridized carbons (Fsp3) is 0.636. The Morgan fingerprint density at radius 1 is 1.69 bits per heavy atom. The van der Waals surface area contributed by atoms with E-state index < -0.39 is 0 Å². The predicted molar refractivity (Wildman–Crippen MR) is 61.1 cm³/mol. The first kappa shape index (κ1) is 11.1. The molecule has 1 aliphatic rings. The van der Waals surface area contributed by atoms with Crippen LogP contribution < -0.4 is 5.32 Å². The summed E-state index contributed by atoms with van der Waals surface area (Å²) < 4.78 is 1.96. The summed E-state index contributed by atoms with van der Waals surface area (Å²) >= 11 is 0. The minimum atomic E-state index is 0.102. The molecule has 0 aromatic carbocycles. The van der Waals surface area contributed by atoms with Gasteiger partial charge in [-0.25, -0.2) is 4.98 Å². The van der Waals surface area contributed by atoms with Crippen LogP contribution in [0.5, 0.6) is 0 Å². The zero-order valence-corrected chi connectivity index (χ0v) is 9.81. The van der Waals surface area contributed by atoms with Crippen LogP contribution in [0.15, 0.2) is 12.5 Å². The van der Waals surface area contributed by atoms with Crippen molar-refractivity contribution >= 4 is 5.91 Å². The van der Waals surface area contributed by atoms with Crippen molar-refractivity contribution in [2.24, 2.45) is 0 Å². The maximum absolute atomic E-state index is 11.6. The largest absolute Gasteiger partial charge is 0.347 e. The maximum atomic E-state index is 11.6. The molecule has 0 radical (unpaired) electrons. The average Bonchev–Trinajstić information content (AvgIpc) is 2.85. The molecule has 1 N–H and O–H groups in total. The smallest absolute Gasteiger partial charge is 0.242 e. The van der Waals surface area contributed by atoms with Gasteiger partial charge in [0.25, 0.3) is 0 Å². The summed E-state index contributed by atoms with van der Waals surface area (Å²) in [5.41, 5.74) is 1.17. The topological polar surface area (TPSA) is 50.2 Å². The highest BCUT2D eigenvalue weighted by Gasteiger charge is 2.21. The fourth-order valence-corrected chi connectivity index (χ4v) is 2.00. The summed E-state index contributed by atoms with van der Waals surface area (Å²) in [5, 5.41) is 3.33. The summed E-state index contributed by atoms with van der Waals surface area (Å²) in [6, 6.07) is 0. The molecule has 2 rings (SSSR count). The maximum Gasteiger partial charge on any atom is 0.242 e. The van der Waals surface area contributed by atoms with E-state index in [-0.39, 0.29) is 5.91 Å². The molecule has 1 unspecified atom stereocenters. The third kappa shape index (κ3) is 2.24. The molecular weight excluding hydrogens is 204 g/mol. The Bertz CT molecular complexity index is 366. The number of aromatic nitrogens is 2. The fourth-order valence-electron chi connectivity index (χ4n) is 2.00. The van der Waals surface area contributed by atoms with Crippen molar-refractivity contribution < 1.29 is 4.79 Å². The lowest BCUT2D eigenvalue weighted by Crippen LogP contribution is -2.27. The second-order valence-corrected chi connectivity index (χ2v) is 4.42. The molecule has 1 fully saturated rings. The molecule has 2 heterocycles. The van der Waals surface area contributed by atoms with E-state index in [0.29, 0.717) is 12.5 Å². The molecule has 0 aliphatic carbocycles. The number of carbonyl (C=O) groups is 1. The normalized spacial score (nSPS) is 20.0. The van der Waals surface area contributed by atoms with E-state index in [1.807, 2.05) is 10.8 Å². The number of hydrogen-bond donors (Lipinski definition) is 1. The molecule has 0 bridgehead atoms. The third-order valence-corrected chi connectivity index (χ3v) is 3.03. The van der Waals surface area contributed by atoms with Crippen molar-refractivity contribution in [3.63, 3.8) is 0 Å². The van der Waals surface area contributed by atoms with Crippen molar-refractivity contribution in [2.45, 2.75) is 18.9 Å². The third-order valence-electron chi connectivity index (χ3n) is 3.03. The minimum absolute atomic E-state index is 0.102. The van der Waals surface area contributed by atoms with Crippen molar-refractivity contribution in [2.75, 3.05) is 27.2 Å². The van der Waals surface area contributed by atoms with E-state index in [1.54, 1.807) is 25.3 Å². The van der Waals surface area contributed by atoms with Gasteiger partial charge in [0, 0.05) is 38.4 Å². The van der Waals surface area contributed by atoms with Crippen LogP contribution in [-0.4, -0.2) is 47.5 Å². The molecule has 1 atom stereocenters. The van der Waals surface area contributed by atoms with Crippen molar-refractivity contribution in [3.8, 4) is 0 Å². The van der Waals surface area contributed by atoms with E-state index in [4.69, 9.17) is 0 Å². The number of imidazole rings is 1. The number of nitrogens with one attached hydrogen (secondary N) is 1. The highest BCUT2D eigenvalue weighted by atomic mass is 16.2. The van der Waals surface area contributed by atoms with Gasteiger partial charge in [-0.15, -0.1) is 0 Å². The zero-order chi connectivity index (χ0) is 11.5. The zero-order valence-electron chi connectivity index (χ0n) is 9.81. The van der Waals surface area contributed by atoms with Gasteiger partial charge in [0.15, 0.2) is 0 Å². The van der Waals surface area contributed by atoms with E-state index in [0.717, 1.165) is 19.5 Å². The lowest BCUT2D eigenvalue weighted by atomic mass is 10.1. The van der Waals surface area contributed by atoms with Crippen molar-refractivity contribution in [1.82, 2.24) is 19.8 Å². The number of likely N-dealkylation sites (N-methyl/N-ethyl adjacent to an activating group) is 1. The van der Waals surface area contributed by atoms with Gasteiger partial charge in [-0.2, -0.15) is 0 Å². The Labute approximate surface area is 95.5 Å². The van der Waals surface area contributed by atoms with E-state index in [2.05, 4.69) is 10.3 Å². The van der Waals surface area contributed by atoms with Gasteiger partial charge in [0.2, 0.25) is 5.91 Å². The molecule has 5 heteroatoms. The van der Waals surface area contributed by atoms with Crippen LogP contribution in [0.1, 0.15) is 18.0 Å². The molecule has 1 amide bonds. The Morgan fingerprint density at radius 2 is 2.50 bits per heavy atom. The van der Waals surface area contributed by atoms with Gasteiger partial charge in [0.05, 0.1) is 6.33 Å². The van der Waals surface area contributed by atoms with Gasteiger partial charge in [0.1, 0.15) is 6.54 Å². The molecular formula is C11H18N4O. The van der Waals surface area contributed by atoms with Gasteiger partial charge >= 0.3 is 0 Å². The predicted octanol–water partition coefficient (Wildman–Crippen LogP) is 0.0482. The quantitative estimate of drug-likeness (QED) is 0.786. The monoisotopic (exact) mass is 222 g/mol. The molecule has 1 aromatic rings. The van der Waals surface area contributed by atoms with Crippen LogP contribution in [0.25, 0.3) is 0 Å². The van der Waals surface area contributed by atoms with Crippen LogP contribution in [0.2, 0.25) is 0 Å². The highest BCUT2D eigenvalue weighted by molar-refractivity contribution is 5.75. The first-order chi connectivity index (χ1) is 7.68. The Hall–Kier alpha value is -1.36. The lowest BCUT2D eigenvalue weighted by molar-refractivity contribution is -0.129. The van der Waals surface area contributed by atoms with Crippen molar-refractivity contribution in [1.29, 1.82) is 0 Å². The van der Waals surface area contributed by atoms with Crippen molar-refractivity contribution in [3.05, 3.63) is 18.2 Å². The summed E-state index contributed by atoms with van der Waals surface area (Å²) in [6.45, 7) is 2.43. The Morgan fingerprint density at radius 3 is 3.12 bits per heavy atom. The lowest BCUT2D eigenvalue weighted by Gasteiger charge is -2.15. The second-order valence-electron chi connectivity index (χ2n) is 4.42. The van der Waals surface area contributed by atoms with Crippen LogP contribution in [-0.2, 0) is 11.3 Å². The number of amides is 1. The second kappa shape index (κ2) is 4.65. The molecule has 88 valence electrons. The van der Waals surface area contributed by atoms with E-state index in [1.165, 1.54) is 5.69 Å². The summed E-state index contributed by atoms with van der Waals surface area (Å²) in [4.78, 5) is 17.4. The Kier molecular flexibility index (Phi) is 3.24. The average molecular weight is 222 g/mol. The van der Waals surface area contributed by atoms with E-state index >= 15 is 0 Å². The molecule has 16 heavy (non-hydrogen) atoms. The number of carbonyl (C=O) groups excluding carboxylic acids is 1. The van der Waals surface area contributed by atoms with Gasteiger partial charge < -0.3 is 14.8 Å². The summed E-state index contributed by atoms with van der Waals surface area (Å²) in [7, 11) is 3.55. The van der Waals surface area contributed by atoms with Gasteiger partial charge in [-0.1, -0.05) is 0 Å². The van der Waals surface area contributed by atoms with Crippen LogP contribution in [0.4, 0.5) is 0 Å². The molecule has 0 spiro atoms. The number of hydrogen-bond acceptors (Lipinski definition) is 3. The van der Waals surface area contributed by atoms with Gasteiger partial charge in [-0.05, 0) is 13.0 Å². The summed E-state index contributed by atoms with van der Waals surface area (Å²) in [6.07, 6.45) is 4.75. The highest BCUT2D eigenvalue weighted by Crippen LogP contribution is 2.21. The first-order valence-electron chi connectivity index (χ1n) is 5.59. The molecule has 1 saturated heterocycles. The number of rotatable bonds is 3. The first-order valence-corrected chi connectivity index (χ1v) is 5.59. The van der Waals surface area contributed by atoms with E-state index in [9.17, 15) is 4.79 Å². The van der Waals surface area contributed by atoms with Gasteiger partial charge in [-0.3, -0.25) is 4.79 Å². The minimum Gasteiger partial charge on any atom is -0.347 e. The summed E-state index contributed by atoms with van der Waals surface area (Å²) in [5.74, 6) is 0.600. The molecule has 1 aliphatic heterocycles. The van der Waals surface area contributed by atoms with Crippen LogP contribution in [0.3, 0.4) is 0 Å². The standard InChI is InChI=1S/C11H18N4O/c1-14(2)11(16)7-15-8-13-6-10(15)9-3-4-12-5-9/h6,8-9,12H,3-5,7H2,1-2H3. The SMILES string of the molecule is CN(C)C(=O)Cn1cncc1C1CCNC1. The van der Waals surface area contributed by atoms with Crippen LogP contribution >= 0.6 is 0 Å². The van der Waals surface area contributed by atoms with Crippen LogP contribution in [0, 0.1) is 0 Å².